The van der Waals surface area contributed by atoms with Crippen molar-refractivity contribution in [2.24, 2.45) is 5.73 Å². The molecular formula is C16H15ClINO2. The van der Waals surface area contributed by atoms with Gasteiger partial charge >= 0.3 is 0 Å². The molecule has 1 aliphatic rings. The normalized spacial score (nSPS) is 15.4. The summed E-state index contributed by atoms with van der Waals surface area (Å²) in [5, 5.41) is 0.690. The van der Waals surface area contributed by atoms with Crippen molar-refractivity contribution >= 4 is 34.2 Å². The number of ether oxygens (including phenoxy) is 2. The molecule has 1 aliphatic heterocycles. The molecule has 3 nitrogen and oxygen atoms in total. The van der Waals surface area contributed by atoms with Crippen molar-refractivity contribution in [3.63, 3.8) is 0 Å². The molecule has 2 aromatic carbocycles. The van der Waals surface area contributed by atoms with Crippen LogP contribution in [0.2, 0.25) is 5.02 Å². The van der Waals surface area contributed by atoms with Crippen molar-refractivity contribution in [3.8, 4) is 11.5 Å². The second kappa shape index (κ2) is 6.42. The van der Waals surface area contributed by atoms with Crippen molar-refractivity contribution < 1.29 is 9.47 Å². The monoisotopic (exact) mass is 415 g/mol. The summed E-state index contributed by atoms with van der Waals surface area (Å²) in [5.41, 5.74) is 8.40. The molecular weight excluding hydrogens is 401 g/mol. The van der Waals surface area contributed by atoms with Crippen LogP contribution in [0.25, 0.3) is 0 Å². The summed E-state index contributed by atoms with van der Waals surface area (Å²) in [6.45, 7) is 1.35. The fourth-order valence-corrected chi connectivity index (χ4v) is 3.16. The highest BCUT2D eigenvalue weighted by molar-refractivity contribution is 14.1. The van der Waals surface area contributed by atoms with E-state index in [0.29, 0.717) is 18.2 Å². The molecule has 0 saturated carbocycles. The number of hydrogen-bond acceptors (Lipinski definition) is 3. The van der Waals surface area contributed by atoms with E-state index >= 15 is 0 Å². The van der Waals surface area contributed by atoms with Crippen LogP contribution in [0.15, 0.2) is 36.4 Å². The van der Waals surface area contributed by atoms with Gasteiger partial charge in [-0.05, 0) is 64.0 Å². The van der Waals surface area contributed by atoms with E-state index in [-0.39, 0.29) is 6.04 Å². The fraction of sp³-hybridized carbons (Fsp3) is 0.250. The van der Waals surface area contributed by atoms with E-state index in [0.717, 1.165) is 32.6 Å². The van der Waals surface area contributed by atoms with Crippen LogP contribution in [-0.4, -0.2) is 13.2 Å². The van der Waals surface area contributed by atoms with Gasteiger partial charge in [0.25, 0.3) is 0 Å². The summed E-state index contributed by atoms with van der Waals surface area (Å²) in [7, 11) is 0. The van der Waals surface area contributed by atoms with Gasteiger partial charge in [0.1, 0.15) is 0 Å². The van der Waals surface area contributed by atoms with E-state index in [1.165, 1.54) is 0 Å². The Morgan fingerprint density at radius 3 is 2.62 bits per heavy atom. The third-order valence-corrected chi connectivity index (χ3v) is 4.64. The molecule has 0 amide bonds. The maximum absolute atomic E-state index is 6.40. The van der Waals surface area contributed by atoms with Crippen LogP contribution in [-0.2, 0) is 0 Å². The summed E-state index contributed by atoms with van der Waals surface area (Å²) >= 11 is 8.36. The maximum atomic E-state index is 6.40. The molecule has 0 spiro atoms. The van der Waals surface area contributed by atoms with Crippen LogP contribution in [0.1, 0.15) is 23.6 Å². The SMILES string of the molecule is NC(c1ccc2c(c1)OCCCO2)c1cc(Cl)ccc1I. The van der Waals surface area contributed by atoms with E-state index in [2.05, 4.69) is 22.6 Å². The first-order chi connectivity index (χ1) is 10.1. The second-order valence-corrected chi connectivity index (χ2v) is 6.50. The number of benzene rings is 2. The molecule has 0 saturated heterocycles. The molecule has 0 fully saturated rings. The molecule has 0 aliphatic carbocycles. The molecule has 2 N–H and O–H groups in total. The minimum absolute atomic E-state index is 0.243. The molecule has 1 heterocycles. The first-order valence-corrected chi connectivity index (χ1v) is 8.21. The van der Waals surface area contributed by atoms with Crippen molar-refractivity contribution in [1.82, 2.24) is 0 Å². The molecule has 5 heteroatoms. The number of rotatable bonds is 2. The number of hydrogen-bond donors (Lipinski definition) is 1. The maximum Gasteiger partial charge on any atom is 0.161 e. The summed E-state index contributed by atoms with van der Waals surface area (Å²) in [6, 6.07) is 11.4. The lowest BCUT2D eigenvalue weighted by atomic mass is 9.99. The zero-order valence-corrected chi connectivity index (χ0v) is 14.2. The van der Waals surface area contributed by atoms with E-state index in [4.69, 9.17) is 26.8 Å². The van der Waals surface area contributed by atoms with Gasteiger partial charge in [-0.15, -0.1) is 0 Å². The quantitative estimate of drug-likeness (QED) is 0.749. The lowest BCUT2D eigenvalue weighted by Gasteiger charge is -2.17. The van der Waals surface area contributed by atoms with Gasteiger partial charge < -0.3 is 15.2 Å². The lowest BCUT2D eigenvalue weighted by Crippen LogP contribution is -2.13. The molecule has 0 bridgehead atoms. The average Bonchev–Trinajstić information content (AvgIpc) is 2.73. The van der Waals surface area contributed by atoms with Crippen LogP contribution < -0.4 is 15.2 Å². The zero-order valence-electron chi connectivity index (χ0n) is 11.3. The molecule has 110 valence electrons. The Morgan fingerprint density at radius 2 is 1.81 bits per heavy atom. The van der Waals surface area contributed by atoms with E-state index in [9.17, 15) is 0 Å². The van der Waals surface area contributed by atoms with Gasteiger partial charge in [0.15, 0.2) is 11.5 Å². The van der Waals surface area contributed by atoms with Gasteiger partial charge in [-0.2, -0.15) is 0 Å². The zero-order chi connectivity index (χ0) is 14.8. The topological polar surface area (TPSA) is 44.5 Å². The Bertz CT molecular complexity index is 663. The lowest BCUT2D eigenvalue weighted by molar-refractivity contribution is 0.297. The third-order valence-electron chi connectivity index (χ3n) is 3.42. The smallest absolute Gasteiger partial charge is 0.161 e. The van der Waals surface area contributed by atoms with Crippen LogP contribution >= 0.6 is 34.2 Å². The summed E-state index contributed by atoms with van der Waals surface area (Å²) in [4.78, 5) is 0. The first kappa shape index (κ1) is 14.9. The number of fused-ring (bicyclic) bond motifs is 1. The Balaban J connectivity index is 1.96. The Hall–Kier alpha value is -0.980. The molecule has 1 unspecified atom stereocenters. The molecule has 1 atom stereocenters. The van der Waals surface area contributed by atoms with Gasteiger partial charge in [0.05, 0.1) is 19.3 Å². The highest BCUT2D eigenvalue weighted by atomic mass is 127. The third kappa shape index (κ3) is 3.27. The fourth-order valence-electron chi connectivity index (χ4n) is 2.31. The van der Waals surface area contributed by atoms with Crippen molar-refractivity contribution in [1.29, 1.82) is 0 Å². The van der Waals surface area contributed by atoms with Gasteiger partial charge in [-0.1, -0.05) is 17.7 Å². The van der Waals surface area contributed by atoms with Crippen LogP contribution in [0, 0.1) is 3.57 Å². The van der Waals surface area contributed by atoms with Gasteiger partial charge in [-0.3, -0.25) is 0 Å². The highest BCUT2D eigenvalue weighted by Gasteiger charge is 2.17. The number of halogens is 2. The van der Waals surface area contributed by atoms with Crippen molar-refractivity contribution in [2.45, 2.75) is 12.5 Å². The van der Waals surface area contributed by atoms with Crippen LogP contribution in [0.3, 0.4) is 0 Å². The molecule has 21 heavy (non-hydrogen) atoms. The first-order valence-electron chi connectivity index (χ1n) is 6.75. The molecule has 0 radical (unpaired) electrons. The predicted octanol–water partition coefficient (Wildman–Crippen LogP) is 4.15. The van der Waals surface area contributed by atoms with E-state index in [1.54, 1.807) is 0 Å². The molecule has 3 rings (SSSR count). The number of nitrogens with two attached hydrogens (primary N) is 1. The Labute approximate surface area is 142 Å². The van der Waals surface area contributed by atoms with Gasteiger partial charge in [-0.25, -0.2) is 0 Å². The second-order valence-electron chi connectivity index (χ2n) is 4.90. The van der Waals surface area contributed by atoms with Crippen LogP contribution in [0.5, 0.6) is 11.5 Å². The summed E-state index contributed by atoms with van der Waals surface area (Å²) in [6.07, 6.45) is 0.891. The van der Waals surface area contributed by atoms with E-state index in [1.807, 2.05) is 36.4 Å². The predicted molar refractivity (Wildman–Crippen MR) is 92.2 cm³/mol. The van der Waals surface area contributed by atoms with Gasteiger partial charge in [0, 0.05) is 15.0 Å². The Morgan fingerprint density at radius 1 is 1.05 bits per heavy atom. The van der Waals surface area contributed by atoms with Gasteiger partial charge in [0.2, 0.25) is 0 Å². The highest BCUT2D eigenvalue weighted by Crippen LogP contribution is 2.34. The largest absolute Gasteiger partial charge is 0.490 e. The minimum atomic E-state index is -0.243. The van der Waals surface area contributed by atoms with Crippen molar-refractivity contribution in [3.05, 3.63) is 56.1 Å². The van der Waals surface area contributed by atoms with Crippen molar-refractivity contribution in [2.75, 3.05) is 13.2 Å². The minimum Gasteiger partial charge on any atom is -0.490 e. The standard InChI is InChI=1S/C16H15ClINO2/c17-11-3-4-13(18)12(9-11)16(19)10-2-5-14-15(8-10)21-7-1-6-20-14/h2-5,8-9,16H,1,6-7,19H2. The molecule has 2 aromatic rings. The van der Waals surface area contributed by atoms with Crippen LogP contribution in [0.4, 0.5) is 0 Å². The summed E-state index contributed by atoms with van der Waals surface area (Å²) in [5.74, 6) is 1.54. The molecule has 0 aromatic heterocycles. The van der Waals surface area contributed by atoms with E-state index < -0.39 is 0 Å². The summed E-state index contributed by atoms with van der Waals surface area (Å²) < 4.78 is 12.5. The Kier molecular flexibility index (Phi) is 4.57. The average molecular weight is 416 g/mol.